The third-order valence-corrected chi connectivity index (χ3v) is 6.15. The number of unbranched alkanes of at least 4 members (excludes halogenated alkanes) is 5. The van der Waals surface area contributed by atoms with Gasteiger partial charge in [0.05, 0.1) is 11.0 Å². The summed E-state index contributed by atoms with van der Waals surface area (Å²) in [5.41, 5.74) is -0.604. The lowest BCUT2D eigenvalue weighted by atomic mass is 9.58. The predicted molar refractivity (Wildman–Crippen MR) is 89.5 cm³/mol. The zero-order valence-electron chi connectivity index (χ0n) is 15.0. The highest BCUT2D eigenvalue weighted by Crippen LogP contribution is 2.50. The summed E-state index contributed by atoms with van der Waals surface area (Å²) in [5.74, 6) is 0.878. The number of methoxy groups -OCH3 is 1. The minimum Gasteiger partial charge on any atom is -0.377 e. The Kier molecular flexibility index (Phi) is 7.39. The average molecular weight is 296 g/mol. The molecule has 1 saturated carbocycles. The van der Waals surface area contributed by atoms with Crippen LogP contribution in [0.15, 0.2) is 0 Å². The summed E-state index contributed by atoms with van der Waals surface area (Å²) in [6, 6.07) is 0. The molecule has 0 radical (unpaired) electrons. The van der Waals surface area contributed by atoms with Gasteiger partial charge in [0.2, 0.25) is 0 Å². The fourth-order valence-electron chi connectivity index (χ4n) is 4.01. The number of Topliss-reactive ketones (excluding diaryl/α,β-unsaturated/α-hetero) is 1. The van der Waals surface area contributed by atoms with Gasteiger partial charge in [-0.05, 0) is 39.0 Å². The Morgan fingerprint density at radius 2 is 1.76 bits per heavy atom. The van der Waals surface area contributed by atoms with Crippen LogP contribution in [0.5, 0.6) is 0 Å². The van der Waals surface area contributed by atoms with Crippen molar-refractivity contribution in [3.05, 3.63) is 0 Å². The first-order valence-corrected chi connectivity index (χ1v) is 9.00. The fourth-order valence-corrected chi connectivity index (χ4v) is 4.01. The van der Waals surface area contributed by atoms with Gasteiger partial charge in [-0.25, -0.2) is 0 Å². The Labute approximate surface area is 132 Å². The van der Waals surface area contributed by atoms with Crippen molar-refractivity contribution >= 4 is 5.78 Å². The van der Waals surface area contributed by atoms with E-state index in [9.17, 15) is 4.79 Å². The zero-order valence-corrected chi connectivity index (χ0v) is 15.0. The molecule has 2 nitrogen and oxygen atoms in total. The van der Waals surface area contributed by atoms with Crippen molar-refractivity contribution in [1.29, 1.82) is 0 Å². The third kappa shape index (κ3) is 4.09. The van der Waals surface area contributed by atoms with Crippen LogP contribution < -0.4 is 0 Å². The molecule has 2 heteroatoms. The van der Waals surface area contributed by atoms with Crippen LogP contribution in [0, 0.1) is 11.3 Å². The van der Waals surface area contributed by atoms with Gasteiger partial charge in [0, 0.05) is 13.5 Å². The van der Waals surface area contributed by atoms with E-state index in [0.717, 1.165) is 25.7 Å². The largest absolute Gasteiger partial charge is 0.377 e. The van der Waals surface area contributed by atoms with Crippen LogP contribution in [0.4, 0.5) is 0 Å². The normalized spacial score (nSPS) is 33.1. The van der Waals surface area contributed by atoms with Gasteiger partial charge in [-0.15, -0.1) is 0 Å². The second-order valence-corrected chi connectivity index (χ2v) is 7.38. The Morgan fingerprint density at radius 3 is 2.38 bits per heavy atom. The van der Waals surface area contributed by atoms with Crippen molar-refractivity contribution in [3.8, 4) is 0 Å². The minimum absolute atomic E-state index is 0.301. The first-order valence-electron chi connectivity index (χ1n) is 9.00. The van der Waals surface area contributed by atoms with E-state index < -0.39 is 0 Å². The highest BCUT2D eigenvalue weighted by Gasteiger charge is 2.54. The molecular formula is C19H36O2. The first kappa shape index (κ1) is 18.7. The Hall–Kier alpha value is -0.370. The second-order valence-electron chi connectivity index (χ2n) is 7.38. The van der Waals surface area contributed by atoms with Crippen molar-refractivity contribution < 1.29 is 9.53 Å². The summed E-state index contributed by atoms with van der Waals surface area (Å²) in [6.07, 6.45) is 11.5. The summed E-state index contributed by atoms with van der Waals surface area (Å²) < 4.78 is 5.87. The number of carbonyl (C=O) groups excluding carboxylic acids is 1. The molecule has 0 aliphatic heterocycles. The molecule has 3 unspecified atom stereocenters. The number of hydrogen-bond acceptors (Lipinski definition) is 2. The van der Waals surface area contributed by atoms with Gasteiger partial charge in [0.15, 0.2) is 0 Å². The van der Waals surface area contributed by atoms with Gasteiger partial charge in [-0.2, -0.15) is 0 Å². The van der Waals surface area contributed by atoms with Crippen molar-refractivity contribution in [2.24, 2.45) is 11.3 Å². The van der Waals surface area contributed by atoms with Gasteiger partial charge in [-0.1, -0.05) is 52.4 Å². The van der Waals surface area contributed by atoms with Crippen LogP contribution in [-0.4, -0.2) is 18.5 Å². The molecule has 3 atom stereocenters. The smallest absolute Gasteiger partial charge is 0.141 e. The quantitative estimate of drug-likeness (QED) is 0.522. The molecule has 0 aromatic heterocycles. The van der Waals surface area contributed by atoms with Gasteiger partial charge in [0.1, 0.15) is 5.78 Å². The fraction of sp³-hybridized carbons (Fsp3) is 0.947. The summed E-state index contributed by atoms with van der Waals surface area (Å²) in [6.45, 7) is 8.76. The van der Waals surface area contributed by atoms with E-state index in [2.05, 4.69) is 27.7 Å². The predicted octanol–water partition coefficient (Wildman–Crippen LogP) is 5.54. The Balaban J connectivity index is 2.53. The Morgan fingerprint density at radius 1 is 1.14 bits per heavy atom. The van der Waals surface area contributed by atoms with Crippen molar-refractivity contribution in [3.63, 3.8) is 0 Å². The molecule has 0 N–H and O–H groups in total. The highest BCUT2D eigenvalue weighted by molar-refractivity contribution is 5.86. The summed E-state index contributed by atoms with van der Waals surface area (Å²) in [4.78, 5) is 12.8. The molecule has 1 rings (SSSR count). The topological polar surface area (TPSA) is 26.3 Å². The van der Waals surface area contributed by atoms with Crippen LogP contribution in [0.25, 0.3) is 0 Å². The molecule has 1 aliphatic carbocycles. The van der Waals surface area contributed by atoms with E-state index in [0.29, 0.717) is 11.7 Å². The number of ether oxygens (including phenoxy) is 1. The van der Waals surface area contributed by atoms with E-state index in [1.807, 2.05) is 0 Å². The molecular weight excluding hydrogens is 260 g/mol. The molecule has 0 aromatic carbocycles. The van der Waals surface area contributed by atoms with Gasteiger partial charge in [0.25, 0.3) is 0 Å². The van der Waals surface area contributed by atoms with Gasteiger partial charge < -0.3 is 4.74 Å². The molecule has 1 fully saturated rings. The van der Waals surface area contributed by atoms with Crippen molar-refractivity contribution in [2.45, 2.75) is 97.5 Å². The minimum atomic E-state index is -0.303. The lowest BCUT2D eigenvalue weighted by molar-refractivity contribution is -0.171. The number of ketones is 1. The molecule has 0 saturated heterocycles. The maximum Gasteiger partial charge on any atom is 0.141 e. The van der Waals surface area contributed by atoms with Crippen molar-refractivity contribution in [1.82, 2.24) is 0 Å². The zero-order chi connectivity index (χ0) is 15.9. The van der Waals surface area contributed by atoms with Crippen LogP contribution in [0.3, 0.4) is 0 Å². The second kappa shape index (κ2) is 8.31. The Bertz CT molecular complexity index is 326. The first-order chi connectivity index (χ1) is 9.92. The average Bonchev–Trinajstić information content (AvgIpc) is 2.47. The van der Waals surface area contributed by atoms with Crippen molar-refractivity contribution in [2.75, 3.05) is 7.11 Å². The highest BCUT2D eigenvalue weighted by atomic mass is 16.5. The lowest BCUT2D eigenvalue weighted by Gasteiger charge is -2.51. The monoisotopic (exact) mass is 296 g/mol. The molecule has 0 amide bonds. The van der Waals surface area contributed by atoms with Gasteiger partial charge >= 0.3 is 0 Å². The molecule has 0 spiro atoms. The van der Waals surface area contributed by atoms with Crippen LogP contribution in [0.1, 0.15) is 91.9 Å². The number of carbonyl (C=O) groups is 1. The summed E-state index contributed by atoms with van der Waals surface area (Å²) in [7, 11) is 1.78. The standard InChI is InChI=1S/C19H36O2/c1-6-7-8-9-10-11-14-17(20)18(3)15-12-13-16(2)19(18,4)21-5/h16H,6-15H2,1-5H3. The summed E-state index contributed by atoms with van der Waals surface area (Å²) in [5, 5.41) is 0. The molecule has 124 valence electrons. The summed E-state index contributed by atoms with van der Waals surface area (Å²) >= 11 is 0. The third-order valence-electron chi connectivity index (χ3n) is 6.15. The van der Waals surface area contributed by atoms with E-state index in [1.54, 1.807) is 7.11 Å². The lowest BCUT2D eigenvalue weighted by Crippen LogP contribution is -2.56. The maximum absolute atomic E-state index is 12.8. The number of rotatable bonds is 9. The van der Waals surface area contributed by atoms with E-state index >= 15 is 0 Å². The van der Waals surface area contributed by atoms with Crippen LogP contribution in [0.2, 0.25) is 0 Å². The van der Waals surface area contributed by atoms with Crippen LogP contribution in [-0.2, 0) is 9.53 Å². The molecule has 21 heavy (non-hydrogen) atoms. The van der Waals surface area contributed by atoms with Crippen LogP contribution >= 0.6 is 0 Å². The molecule has 1 aliphatic rings. The molecule has 0 aromatic rings. The van der Waals surface area contributed by atoms with E-state index in [-0.39, 0.29) is 11.0 Å². The van der Waals surface area contributed by atoms with E-state index in [4.69, 9.17) is 4.74 Å². The SMILES string of the molecule is CCCCCCCCC(=O)C1(C)CCCC(C)C1(C)OC. The number of hydrogen-bond donors (Lipinski definition) is 0. The van der Waals surface area contributed by atoms with Gasteiger partial charge in [-0.3, -0.25) is 4.79 Å². The molecule has 0 heterocycles. The molecule has 0 bridgehead atoms. The maximum atomic E-state index is 12.8. The van der Waals surface area contributed by atoms with E-state index in [1.165, 1.54) is 38.5 Å².